The summed E-state index contributed by atoms with van der Waals surface area (Å²) in [6.07, 6.45) is 24.3. The summed E-state index contributed by atoms with van der Waals surface area (Å²) >= 11 is 1.68. The lowest BCUT2D eigenvalue weighted by Gasteiger charge is -2.60. The van der Waals surface area contributed by atoms with Crippen molar-refractivity contribution in [3.05, 3.63) is 96.1 Å². The third-order valence-electron chi connectivity index (χ3n) is 15.5. The number of hydrogen-bond acceptors (Lipinski definition) is 13. The van der Waals surface area contributed by atoms with Gasteiger partial charge in [-0.2, -0.15) is 0 Å². The van der Waals surface area contributed by atoms with Crippen LogP contribution < -0.4 is 18.9 Å². The van der Waals surface area contributed by atoms with Crippen molar-refractivity contribution < 1.29 is 53.0 Å². The number of aliphatic hydroxyl groups is 2. The first-order valence-electron chi connectivity index (χ1n) is 27.9. The Balaban J connectivity index is 1.23. The second-order valence-corrected chi connectivity index (χ2v) is 21.4. The number of carbonyl (C=O) groups excluding carboxylic acids is 1. The summed E-state index contributed by atoms with van der Waals surface area (Å²) in [5.41, 5.74) is 3.44. The van der Waals surface area contributed by atoms with E-state index in [0.29, 0.717) is 48.2 Å². The van der Waals surface area contributed by atoms with Gasteiger partial charge in [0.05, 0.1) is 31.5 Å². The number of amides is 1. The zero-order valence-corrected chi connectivity index (χ0v) is 44.9. The van der Waals surface area contributed by atoms with E-state index in [-0.39, 0.29) is 63.9 Å². The zero-order valence-electron chi connectivity index (χ0n) is 44.1. The van der Waals surface area contributed by atoms with Gasteiger partial charge in [-0.3, -0.25) is 4.90 Å². The minimum atomic E-state index is -1.48. The average Bonchev–Trinajstić information content (AvgIpc) is 3.90. The highest BCUT2D eigenvalue weighted by Crippen LogP contribution is 2.62. The van der Waals surface area contributed by atoms with Crippen LogP contribution in [0.5, 0.6) is 28.7 Å². The molecule has 2 N–H and O–H groups in total. The number of allylic oxidation sites excluding steroid dienone is 1. The number of rotatable bonds is 30. The highest BCUT2D eigenvalue weighted by molar-refractivity contribution is 7.98. The van der Waals surface area contributed by atoms with Gasteiger partial charge in [-0.15, -0.1) is 18.3 Å². The van der Waals surface area contributed by atoms with Crippen LogP contribution in [0.4, 0.5) is 4.79 Å². The number of ether oxygens (including phenoxy) is 7. The Bertz CT molecular complexity index is 2300. The first-order valence-corrected chi connectivity index (χ1v) is 29.1. The zero-order chi connectivity index (χ0) is 51.5. The largest absolute Gasteiger partial charge is 0.459 e. The van der Waals surface area contributed by atoms with E-state index in [1.165, 1.54) is 44.9 Å². The van der Waals surface area contributed by atoms with Crippen LogP contribution >= 0.6 is 11.8 Å². The Morgan fingerprint density at radius 3 is 2.31 bits per heavy atom. The number of aliphatic hydroxyl groups excluding tert-OH is 2. The fourth-order valence-corrected chi connectivity index (χ4v) is 12.2. The third kappa shape index (κ3) is 14.0. The Hall–Kier alpha value is -4.73. The SMILES string of the molecule is C=CCOC12Oc3ccc(Oc4ccc(SC)cc4)cc3C3C(CCCCO)C(CCCCO)C=C(C(=NOC4CCCCO4)CC1N(Cc1ccc4c(c1)OCO4)C(=O)OCCCCCCCCCCCC)C32. The summed E-state index contributed by atoms with van der Waals surface area (Å²) in [6, 6.07) is 19.1. The molecular formula is C60H82N2O11S. The van der Waals surface area contributed by atoms with Crippen LogP contribution in [0.3, 0.4) is 0 Å². The van der Waals surface area contributed by atoms with E-state index in [0.717, 1.165) is 91.6 Å². The first-order chi connectivity index (χ1) is 36.4. The monoisotopic (exact) mass is 1040 g/mol. The van der Waals surface area contributed by atoms with Gasteiger partial charge in [0, 0.05) is 49.0 Å². The Morgan fingerprint density at radius 1 is 0.851 bits per heavy atom. The summed E-state index contributed by atoms with van der Waals surface area (Å²) in [5.74, 6) is 1.16. The Morgan fingerprint density at radius 2 is 1.58 bits per heavy atom. The molecule has 0 spiro atoms. The molecule has 3 heterocycles. The Kier molecular flexibility index (Phi) is 21.3. The molecule has 3 aromatic rings. The van der Waals surface area contributed by atoms with Gasteiger partial charge in [0.2, 0.25) is 18.9 Å². The van der Waals surface area contributed by atoms with E-state index in [1.54, 1.807) is 22.7 Å². The van der Waals surface area contributed by atoms with E-state index in [9.17, 15) is 10.2 Å². The average molecular weight is 1040 g/mol. The van der Waals surface area contributed by atoms with Gasteiger partial charge in [-0.1, -0.05) is 101 Å². The van der Waals surface area contributed by atoms with Crippen LogP contribution in [0.2, 0.25) is 0 Å². The molecule has 13 nitrogen and oxygen atoms in total. The number of hydrogen-bond donors (Lipinski definition) is 2. The van der Waals surface area contributed by atoms with Crippen molar-refractivity contribution in [1.29, 1.82) is 0 Å². The lowest BCUT2D eigenvalue weighted by Crippen LogP contribution is -2.70. The van der Waals surface area contributed by atoms with Crippen molar-refractivity contribution in [2.45, 2.75) is 171 Å². The van der Waals surface area contributed by atoms with E-state index in [2.05, 4.69) is 44.0 Å². The molecule has 7 unspecified atom stereocenters. The quantitative estimate of drug-likeness (QED) is 0.0283. The predicted octanol–water partition coefficient (Wildman–Crippen LogP) is 13.6. The van der Waals surface area contributed by atoms with Crippen LogP contribution in [0, 0.1) is 17.8 Å². The number of thioether (sulfide) groups is 1. The maximum absolute atomic E-state index is 15.3. The van der Waals surface area contributed by atoms with Crippen molar-refractivity contribution in [2.75, 3.05) is 46.1 Å². The topological polar surface area (TPSA) is 147 Å². The standard InChI is InChI=1S/C60H82N2O11S/c1-4-6-7-8-9-10-11-12-13-19-36-67-59(65)62(41-43-24-30-53-54(37-43)69-42-68-53)55-40-51(61-73-56-23-16-20-35-66-56)49-38-44(21-14-17-32-63)48(22-15-18-33-64)57-50-39-46(71-45-25-28-47(74-3)29-26-45)27-31-52(50)72-60(55,58(49)57)70-34-5-2/h5,24-31,37-39,44,48,55-58,63-64H,2,4,6-23,32-36,40-42H2,1,3H3. The smallest absolute Gasteiger partial charge is 0.410 e. The van der Waals surface area contributed by atoms with Crippen molar-refractivity contribution in [2.24, 2.45) is 22.9 Å². The van der Waals surface area contributed by atoms with Crippen LogP contribution in [-0.4, -0.2) is 91.1 Å². The van der Waals surface area contributed by atoms with Crippen LogP contribution in [-0.2, 0) is 25.6 Å². The fraction of sp³-hybridized carbons (Fsp3) is 0.600. The number of nitrogens with zero attached hydrogens (tertiary/aromatic N) is 2. The second kappa shape index (κ2) is 28.4. The molecule has 3 aliphatic heterocycles. The molecule has 14 heteroatoms. The number of oxime groups is 1. The number of unbranched alkanes of at least 4 members (excludes halogenated alkanes) is 11. The summed E-state index contributed by atoms with van der Waals surface area (Å²) in [4.78, 5) is 24.6. The summed E-state index contributed by atoms with van der Waals surface area (Å²) in [6.45, 7) is 7.85. The normalized spacial score (nSPS) is 24.1. The van der Waals surface area contributed by atoms with Gasteiger partial charge in [0.25, 0.3) is 0 Å². The molecule has 1 amide bonds. The van der Waals surface area contributed by atoms with Gasteiger partial charge >= 0.3 is 6.09 Å². The van der Waals surface area contributed by atoms with Gasteiger partial charge < -0.3 is 48.2 Å². The van der Waals surface area contributed by atoms with Crippen molar-refractivity contribution in [1.82, 2.24) is 4.90 Å². The van der Waals surface area contributed by atoms with Gasteiger partial charge in [-0.25, -0.2) is 4.79 Å². The molecule has 1 saturated carbocycles. The van der Waals surface area contributed by atoms with Crippen LogP contribution in [0.25, 0.3) is 0 Å². The fourth-order valence-electron chi connectivity index (χ4n) is 11.8. The Labute approximate surface area is 444 Å². The molecule has 1 saturated heterocycles. The van der Waals surface area contributed by atoms with E-state index >= 15 is 4.79 Å². The van der Waals surface area contributed by atoms with Crippen molar-refractivity contribution >= 4 is 23.6 Å². The molecule has 74 heavy (non-hydrogen) atoms. The van der Waals surface area contributed by atoms with Crippen LogP contribution in [0.15, 0.2) is 95.0 Å². The first kappa shape index (κ1) is 55.5. The molecule has 404 valence electrons. The van der Waals surface area contributed by atoms with Gasteiger partial charge in [0.1, 0.15) is 23.3 Å². The van der Waals surface area contributed by atoms with E-state index < -0.39 is 30.1 Å². The number of fused-ring (bicyclic) bond motifs is 3. The molecule has 7 atom stereocenters. The molecule has 0 aromatic heterocycles. The number of benzene rings is 3. The van der Waals surface area contributed by atoms with Gasteiger partial charge in [0.15, 0.2) is 11.5 Å². The molecular weight excluding hydrogens is 957 g/mol. The highest BCUT2D eigenvalue weighted by atomic mass is 32.2. The molecule has 0 radical (unpaired) electrons. The molecule has 3 aromatic carbocycles. The molecule has 2 aliphatic carbocycles. The maximum atomic E-state index is 15.3. The lowest BCUT2D eigenvalue weighted by atomic mass is 9.55. The summed E-state index contributed by atoms with van der Waals surface area (Å²) < 4.78 is 45.5. The highest BCUT2D eigenvalue weighted by Gasteiger charge is 2.66. The summed E-state index contributed by atoms with van der Waals surface area (Å²) in [7, 11) is 0. The van der Waals surface area contributed by atoms with Gasteiger partial charge in [-0.05, 0) is 129 Å². The van der Waals surface area contributed by atoms with E-state index in [4.69, 9.17) is 43.2 Å². The predicted molar refractivity (Wildman–Crippen MR) is 289 cm³/mol. The summed E-state index contributed by atoms with van der Waals surface area (Å²) in [5, 5.41) is 25.3. The van der Waals surface area contributed by atoms with E-state index in [1.807, 2.05) is 42.5 Å². The molecule has 0 bridgehead atoms. The molecule has 8 rings (SSSR count). The van der Waals surface area contributed by atoms with Crippen molar-refractivity contribution in [3.63, 3.8) is 0 Å². The second-order valence-electron chi connectivity index (χ2n) is 20.6. The van der Waals surface area contributed by atoms with Crippen LogP contribution in [0.1, 0.15) is 152 Å². The molecule has 5 aliphatic rings. The maximum Gasteiger partial charge on any atom is 0.410 e. The van der Waals surface area contributed by atoms with Crippen molar-refractivity contribution in [3.8, 4) is 28.7 Å². The molecule has 2 fully saturated rings. The minimum absolute atomic E-state index is 0.0349. The minimum Gasteiger partial charge on any atom is -0.459 e. The lowest BCUT2D eigenvalue weighted by molar-refractivity contribution is -0.256. The number of carbonyl (C=O) groups is 1. The third-order valence-corrected chi connectivity index (χ3v) is 16.2.